The zero-order valence-electron chi connectivity index (χ0n) is 8.73. The van der Waals surface area contributed by atoms with Crippen molar-refractivity contribution in [3.05, 3.63) is 11.6 Å². The van der Waals surface area contributed by atoms with E-state index in [9.17, 15) is 0 Å². The summed E-state index contributed by atoms with van der Waals surface area (Å²) in [6, 6.07) is 0. The van der Waals surface area contributed by atoms with Crippen molar-refractivity contribution in [3.8, 4) is 0 Å². The van der Waals surface area contributed by atoms with E-state index in [1.807, 2.05) is 0 Å². The number of rotatable bonds is 7. The fourth-order valence-corrected chi connectivity index (χ4v) is 0.940. The maximum absolute atomic E-state index is 5.41. The third kappa shape index (κ3) is 9.70. The second-order valence-electron chi connectivity index (χ2n) is 3.42. The minimum atomic E-state index is 0.786. The van der Waals surface area contributed by atoms with Gasteiger partial charge in [0.05, 0.1) is 6.61 Å². The molecule has 0 aliphatic heterocycles. The van der Waals surface area contributed by atoms with Crippen LogP contribution in [0, 0.1) is 0 Å². The Labute approximate surface area is 76.8 Å². The van der Waals surface area contributed by atoms with Crippen LogP contribution in [0.25, 0.3) is 0 Å². The van der Waals surface area contributed by atoms with Crippen LogP contribution in [0.1, 0.15) is 46.5 Å². The van der Waals surface area contributed by atoms with Crippen molar-refractivity contribution >= 4 is 0 Å². The monoisotopic (exact) mass is 170 g/mol. The molecule has 0 unspecified atom stereocenters. The Morgan fingerprint density at radius 3 is 2.50 bits per heavy atom. The summed E-state index contributed by atoms with van der Waals surface area (Å²) in [6.45, 7) is 8.13. The molecule has 0 aromatic carbocycles. The molecule has 0 aromatic rings. The van der Waals surface area contributed by atoms with E-state index in [2.05, 4.69) is 26.8 Å². The summed E-state index contributed by atoms with van der Waals surface area (Å²) in [7, 11) is 0. The molecule has 0 radical (unpaired) electrons. The largest absolute Gasteiger partial charge is 0.377 e. The molecule has 72 valence electrons. The maximum atomic E-state index is 5.41. The van der Waals surface area contributed by atoms with Gasteiger partial charge in [-0.3, -0.25) is 0 Å². The van der Waals surface area contributed by atoms with Crippen molar-refractivity contribution < 1.29 is 4.74 Å². The minimum absolute atomic E-state index is 0.786. The molecule has 0 amide bonds. The highest BCUT2D eigenvalue weighted by molar-refractivity contribution is 4.92. The predicted molar refractivity (Wildman–Crippen MR) is 54.4 cm³/mol. The van der Waals surface area contributed by atoms with Gasteiger partial charge in [0.15, 0.2) is 0 Å². The van der Waals surface area contributed by atoms with E-state index in [1.54, 1.807) is 0 Å². The molecule has 0 fully saturated rings. The first-order valence-electron chi connectivity index (χ1n) is 4.98. The van der Waals surface area contributed by atoms with E-state index in [0.717, 1.165) is 13.2 Å². The highest BCUT2D eigenvalue weighted by Gasteiger charge is 1.87. The Kier molecular flexibility index (Phi) is 8.57. The standard InChI is InChI=1S/C11H22O/c1-4-5-6-7-9-12-10-8-11(2)3/h8H,4-7,9-10H2,1-3H3. The van der Waals surface area contributed by atoms with E-state index < -0.39 is 0 Å². The molecule has 0 N–H and O–H groups in total. The normalized spacial score (nSPS) is 9.92. The van der Waals surface area contributed by atoms with Gasteiger partial charge in [0, 0.05) is 6.61 Å². The second-order valence-corrected chi connectivity index (χ2v) is 3.42. The van der Waals surface area contributed by atoms with Crippen molar-refractivity contribution in [1.29, 1.82) is 0 Å². The Morgan fingerprint density at radius 2 is 1.92 bits per heavy atom. The van der Waals surface area contributed by atoms with Crippen LogP contribution in [0.5, 0.6) is 0 Å². The lowest BCUT2D eigenvalue weighted by molar-refractivity contribution is 0.157. The molecule has 0 aromatic heterocycles. The molecule has 1 heteroatoms. The number of unbranched alkanes of at least 4 members (excludes halogenated alkanes) is 3. The number of hydrogen-bond acceptors (Lipinski definition) is 1. The van der Waals surface area contributed by atoms with E-state index in [-0.39, 0.29) is 0 Å². The molecule has 0 spiro atoms. The van der Waals surface area contributed by atoms with Crippen LogP contribution in [0.3, 0.4) is 0 Å². The summed E-state index contributed by atoms with van der Waals surface area (Å²) >= 11 is 0. The SMILES string of the molecule is CCCCCCOCC=C(C)C. The third-order valence-corrected chi connectivity index (χ3v) is 1.75. The van der Waals surface area contributed by atoms with Crippen LogP contribution in [0.2, 0.25) is 0 Å². The first-order valence-corrected chi connectivity index (χ1v) is 4.98. The van der Waals surface area contributed by atoms with Crippen LogP contribution in [-0.4, -0.2) is 13.2 Å². The third-order valence-electron chi connectivity index (χ3n) is 1.75. The number of hydrogen-bond donors (Lipinski definition) is 0. The van der Waals surface area contributed by atoms with Gasteiger partial charge < -0.3 is 4.74 Å². The quantitative estimate of drug-likeness (QED) is 0.419. The summed E-state index contributed by atoms with van der Waals surface area (Å²) in [4.78, 5) is 0. The van der Waals surface area contributed by atoms with Crippen molar-refractivity contribution in [2.24, 2.45) is 0 Å². The van der Waals surface area contributed by atoms with Crippen LogP contribution in [0.4, 0.5) is 0 Å². The van der Waals surface area contributed by atoms with E-state index >= 15 is 0 Å². The lowest BCUT2D eigenvalue weighted by Gasteiger charge is -2.00. The summed E-state index contributed by atoms with van der Waals surface area (Å²) in [5, 5.41) is 0. The van der Waals surface area contributed by atoms with Gasteiger partial charge in [0.25, 0.3) is 0 Å². The zero-order chi connectivity index (χ0) is 9.23. The average molecular weight is 170 g/mol. The molecule has 0 aliphatic rings. The van der Waals surface area contributed by atoms with Gasteiger partial charge in [-0.05, 0) is 20.3 Å². The highest BCUT2D eigenvalue weighted by Crippen LogP contribution is 1.99. The fourth-order valence-electron chi connectivity index (χ4n) is 0.940. The van der Waals surface area contributed by atoms with Crippen LogP contribution in [-0.2, 0) is 4.74 Å². The number of ether oxygens (including phenoxy) is 1. The topological polar surface area (TPSA) is 9.23 Å². The van der Waals surface area contributed by atoms with Gasteiger partial charge in [-0.1, -0.05) is 37.8 Å². The molecule has 0 aliphatic carbocycles. The van der Waals surface area contributed by atoms with Gasteiger partial charge in [-0.2, -0.15) is 0 Å². The van der Waals surface area contributed by atoms with E-state index in [0.29, 0.717) is 0 Å². The molecule has 0 bridgehead atoms. The van der Waals surface area contributed by atoms with Gasteiger partial charge in [0.2, 0.25) is 0 Å². The number of allylic oxidation sites excluding steroid dienone is 1. The lowest BCUT2D eigenvalue weighted by atomic mass is 10.2. The molecular weight excluding hydrogens is 148 g/mol. The van der Waals surface area contributed by atoms with Gasteiger partial charge >= 0.3 is 0 Å². The van der Waals surface area contributed by atoms with E-state index in [4.69, 9.17) is 4.74 Å². The van der Waals surface area contributed by atoms with Crippen LogP contribution < -0.4 is 0 Å². The van der Waals surface area contributed by atoms with Crippen LogP contribution in [0.15, 0.2) is 11.6 Å². The zero-order valence-corrected chi connectivity index (χ0v) is 8.73. The summed E-state index contributed by atoms with van der Waals surface area (Å²) in [5.41, 5.74) is 1.34. The molecule has 1 nitrogen and oxygen atoms in total. The van der Waals surface area contributed by atoms with Crippen molar-refractivity contribution in [2.75, 3.05) is 13.2 Å². The molecule has 0 atom stereocenters. The second kappa shape index (κ2) is 8.79. The highest BCUT2D eigenvalue weighted by atomic mass is 16.5. The molecule has 0 saturated heterocycles. The Balaban J connectivity index is 2.96. The smallest absolute Gasteiger partial charge is 0.0649 e. The lowest BCUT2D eigenvalue weighted by Crippen LogP contribution is -1.94. The fraction of sp³-hybridized carbons (Fsp3) is 0.818. The molecule has 0 saturated carbocycles. The molecular formula is C11H22O. The van der Waals surface area contributed by atoms with Crippen LogP contribution >= 0.6 is 0 Å². The molecule has 12 heavy (non-hydrogen) atoms. The Hall–Kier alpha value is -0.300. The van der Waals surface area contributed by atoms with Gasteiger partial charge in [0.1, 0.15) is 0 Å². The first-order chi connectivity index (χ1) is 5.77. The molecule has 0 rings (SSSR count). The maximum Gasteiger partial charge on any atom is 0.0649 e. The summed E-state index contributed by atoms with van der Waals surface area (Å²) in [5.74, 6) is 0. The van der Waals surface area contributed by atoms with Gasteiger partial charge in [-0.25, -0.2) is 0 Å². The average Bonchev–Trinajstić information content (AvgIpc) is 2.02. The molecule has 0 heterocycles. The minimum Gasteiger partial charge on any atom is -0.377 e. The summed E-state index contributed by atoms with van der Waals surface area (Å²) < 4.78 is 5.41. The summed E-state index contributed by atoms with van der Waals surface area (Å²) in [6.07, 6.45) is 7.29. The first kappa shape index (κ1) is 11.7. The Bertz CT molecular complexity index is 112. The Morgan fingerprint density at radius 1 is 1.17 bits per heavy atom. The van der Waals surface area contributed by atoms with Crippen molar-refractivity contribution in [1.82, 2.24) is 0 Å². The van der Waals surface area contributed by atoms with E-state index in [1.165, 1.54) is 31.3 Å². The van der Waals surface area contributed by atoms with Crippen molar-refractivity contribution in [3.63, 3.8) is 0 Å². The van der Waals surface area contributed by atoms with Gasteiger partial charge in [-0.15, -0.1) is 0 Å². The predicted octanol–water partition coefficient (Wildman–Crippen LogP) is 3.55. The van der Waals surface area contributed by atoms with Crippen molar-refractivity contribution in [2.45, 2.75) is 46.5 Å².